The van der Waals surface area contributed by atoms with Gasteiger partial charge in [-0.3, -0.25) is 0 Å². The third-order valence-corrected chi connectivity index (χ3v) is 3.15. The lowest BCUT2D eigenvalue weighted by Gasteiger charge is -2.23. The SMILES string of the molecule is O[C@H](CCOC1CCCCO1)COc1ccc(F)cc1. The van der Waals surface area contributed by atoms with Gasteiger partial charge in [0.15, 0.2) is 6.29 Å². The van der Waals surface area contributed by atoms with Crippen molar-refractivity contribution in [3.8, 4) is 5.75 Å². The zero-order valence-corrected chi connectivity index (χ0v) is 11.5. The van der Waals surface area contributed by atoms with Crippen molar-refractivity contribution in [3.63, 3.8) is 0 Å². The number of rotatable bonds is 7. The van der Waals surface area contributed by atoms with E-state index in [1.807, 2.05) is 0 Å². The molecule has 1 heterocycles. The average molecular weight is 284 g/mol. The van der Waals surface area contributed by atoms with Gasteiger partial charge in [0.1, 0.15) is 18.2 Å². The molecule has 0 aromatic heterocycles. The molecule has 5 heteroatoms. The zero-order valence-electron chi connectivity index (χ0n) is 11.5. The summed E-state index contributed by atoms with van der Waals surface area (Å²) in [5.41, 5.74) is 0. The highest BCUT2D eigenvalue weighted by Gasteiger charge is 2.14. The van der Waals surface area contributed by atoms with Crippen molar-refractivity contribution >= 4 is 0 Å². The molecule has 1 unspecified atom stereocenters. The first kappa shape index (κ1) is 15.2. The minimum Gasteiger partial charge on any atom is -0.491 e. The van der Waals surface area contributed by atoms with Crippen LogP contribution in [0.3, 0.4) is 0 Å². The lowest BCUT2D eigenvalue weighted by molar-refractivity contribution is -0.165. The molecule has 1 aliphatic heterocycles. The van der Waals surface area contributed by atoms with Crippen LogP contribution < -0.4 is 4.74 Å². The van der Waals surface area contributed by atoms with Gasteiger partial charge in [-0.25, -0.2) is 4.39 Å². The first-order valence-electron chi connectivity index (χ1n) is 7.03. The topological polar surface area (TPSA) is 47.9 Å². The molecule has 20 heavy (non-hydrogen) atoms. The Kier molecular flexibility index (Phi) is 6.24. The van der Waals surface area contributed by atoms with Gasteiger partial charge < -0.3 is 19.3 Å². The minimum atomic E-state index is -0.608. The largest absolute Gasteiger partial charge is 0.491 e. The summed E-state index contributed by atoms with van der Waals surface area (Å²) in [6, 6.07) is 5.72. The number of benzene rings is 1. The summed E-state index contributed by atoms with van der Waals surface area (Å²) in [5, 5.41) is 9.77. The predicted octanol–water partition coefficient (Wildman–Crippen LogP) is 2.50. The van der Waals surface area contributed by atoms with Gasteiger partial charge in [0.05, 0.1) is 12.7 Å². The van der Waals surface area contributed by atoms with Crippen molar-refractivity contribution in [2.75, 3.05) is 19.8 Å². The van der Waals surface area contributed by atoms with E-state index in [0.29, 0.717) is 18.8 Å². The average Bonchev–Trinajstić information content (AvgIpc) is 2.48. The van der Waals surface area contributed by atoms with E-state index in [1.165, 1.54) is 24.3 Å². The van der Waals surface area contributed by atoms with E-state index in [4.69, 9.17) is 14.2 Å². The number of aliphatic hydroxyl groups excluding tert-OH is 1. The lowest BCUT2D eigenvalue weighted by atomic mass is 10.2. The van der Waals surface area contributed by atoms with E-state index >= 15 is 0 Å². The molecule has 0 radical (unpaired) electrons. The Morgan fingerprint density at radius 3 is 2.80 bits per heavy atom. The highest BCUT2D eigenvalue weighted by molar-refractivity contribution is 5.22. The molecule has 112 valence electrons. The summed E-state index contributed by atoms with van der Waals surface area (Å²) >= 11 is 0. The van der Waals surface area contributed by atoms with Crippen molar-refractivity contribution in [2.45, 2.75) is 38.1 Å². The maximum absolute atomic E-state index is 12.7. The third kappa shape index (κ3) is 5.45. The van der Waals surface area contributed by atoms with Crippen LogP contribution in [-0.2, 0) is 9.47 Å². The number of hydrogen-bond donors (Lipinski definition) is 1. The fraction of sp³-hybridized carbons (Fsp3) is 0.600. The molecule has 4 nitrogen and oxygen atoms in total. The molecular weight excluding hydrogens is 263 g/mol. The van der Waals surface area contributed by atoms with Gasteiger partial charge in [-0.15, -0.1) is 0 Å². The van der Waals surface area contributed by atoms with Crippen LogP contribution in [-0.4, -0.2) is 37.3 Å². The van der Waals surface area contributed by atoms with Crippen LogP contribution in [0.15, 0.2) is 24.3 Å². The van der Waals surface area contributed by atoms with Gasteiger partial charge in [0.25, 0.3) is 0 Å². The molecule has 1 aliphatic rings. The van der Waals surface area contributed by atoms with E-state index in [-0.39, 0.29) is 18.7 Å². The van der Waals surface area contributed by atoms with Crippen LogP contribution in [0.2, 0.25) is 0 Å². The molecule has 1 aromatic rings. The van der Waals surface area contributed by atoms with E-state index in [9.17, 15) is 9.50 Å². The molecule has 1 fully saturated rings. The molecular formula is C15H21FO4. The Bertz CT molecular complexity index is 376. The van der Waals surface area contributed by atoms with E-state index in [0.717, 1.165) is 25.9 Å². The molecule has 1 saturated heterocycles. The van der Waals surface area contributed by atoms with Crippen LogP contribution in [0.1, 0.15) is 25.7 Å². The normalized spacial score (nSPS) is 20.6. The number of hydrogen-bond acceptors (Lipinski definition) is 4. The standard InChI is InChI=1S/C15H21FO4/c16-12-4-6-14(7-5-12)20-11-13(17)8-10-19-15-3-1-2-9-18-15/h4-7,13,15,17H,1-3,8-11H2/t13-,15?/m1/s1. The highest BCUT2D eigenvalue weighted by Crippen LogP contribution is 2.14. The Morgan fingerprint density at radius 2 is 2.10 bits per heavy atom. The van der Waals surface area contributed by atoms with Gasteiger partial charge in [0, 0.05) is 13.0 Å². The first-order valence-corrected chi connectivity index (χ1v) is 7.03. The summed E-state index contributed by atoms with van der Waals surface area (Å²) < 4.78 is 29.0. The molecule has 0 bridgehead atoms. The molecule has 0 saturated carbocycles. The van der Waals surface area contributed by atoms with Crippen LogP contribution in [0.5, 0.6) is 5.75 Å². The van der Waals surface area contributed by atoms with Crippen molar-refractivity contribution in [3.05, 3.63) is 30.1 Å². The second-order valence-electron chi connectivity index (χ2n) is 4.87. The monoisotopic (exact) mass is 284 g/mol. The van der Waals surface area contributed by atoms with Crippen molar-refractivity contribution < 1.29 is 23.7 Å². The molecule has 0 spiro atoms. The molecule has 1 N–H and O–H groups in total. The van der Waals surface area contributed by atoms with Crippen molar-refractivity contribution in [1.82, 2.24) is 0 Å². The van der Waals surface area contributed by atoms with E-state index < -0.39 is 6.10 Å². The second-order valence-corrected chi connectivity index (χ2v) is 4.87. The molecule has 1 aromatic carbocycles. The van der Waals surface area contributed by atoms with Gasteiger partial charge in [0.2, 0.25) is 0 Å². The van der Waals surface area contributed by atoms with Crippen LogP contribution in [0, 0.1) is 5.82 Å². The van der Waals surface area contributed by atoms with E-state index in [1.54, 1.807) is 0 Å². The maximum atomic E-state index is 12.7. The first-order chi connectivity index (χ1) is 9.74. The van der Waals surface area contributed by atoms with Gasteiger partial charge in [-0.2, -0.15) is 0 Å². The predicted molar refractivity (Wildman–Crippen MR) is 72.1 cm³/mol. The Hall–Kier alpha value is -1.17. The summed E-state index contributed by atoms with van der Waals surface area (Å²) in [4.78, 5) is 0. The highest BCUT2D eigenvalue weighted by atomic mass is 19.1. The van der Waals surface area contributed by atoms with Crippen LogP contribution in [0.4, 0.5) is 4.39 Å². The second kappa shape index (κ2) is 8.19. The zero-order chi connectivity index (χ0) is 14.2. The molecule has 2 rings (SSSR count). The van der Waals surface area contributed by atoms with Crippen LogP contribution in [0.25, 0.3) is 0 Å². The minimum absolute atomic E-state index is 0.131. The fourth-order valence-corrected chi connectivity index (χ4v) is 1.98. The third-order valence-electron chi connectivity index (χ3n) is 3.15. The fourth-order valence-electron chi connectivity index (χ4n) is 1.98. The summed E-state index contributed by atoms with van der Waals surface area (Å²) in [5.74, 6) is 0.237. The van der Waals surface area contributed by atoms with Gasteiger partial charge in [-0.05, 0) is 43.5 Å². The quantitative estimate of drug-likeness (QED) is 0.835. The number of ether oxygens (including phenoxy) is 3. The summed E-state index contributed by atoms with van der Waals surface area (Å²) in [6.45, 7) is 1.36. The van der Waals surface area contributed by atoms with Gasteiger partial charge >= 0.3 is 0 Å². The Morgan fingerprint density at radius 1 is 1.30 bits per heavy atom. The summed E-state index contributed by atoms with van der Waals surface area (Å²) in [7, 11) is 0. The molecule has 2 atom stereocenters. The molecule has 0 aliphatic carbocycles. The van der Waals surface area contributed by atoms with Gasteiger partial charge in [-0.1, -0.05) is 0 Å². The lowest BCUT2D eigenvalue weighted by Crippen LogP contribution is -2.25. The smallest absolute Gasteiger partial charge is 0.157 e. The van der Waals surface area contributed by atoms with E-state index in [2.05, 4.69) is 0 Å². The van der Waals surface area contributed by atoms with Crippen molar-refractivity contribution in [2.24, 2.45) is 0 Å². The number of aliphatic hydroxyl groups is 1. The molecule has 0 amide bonds. The number of halogens is 1. The maximum Gasteiger partial charge on any atom is 0.157 e. The summed E-state index contributed by atoms with van der Waals surface area (Å²) in [6.07, 6.45) is 2.88. The Labute approximate surface area is 118 Å². The van der Waals surface area contributed by atoms with Crippen molar-refractivity contribution in [1.29, 1.82) is 0 Å². The van der Waals surface area contributed by atoms with Crippen LogP contribution >= 0.6 is 0 Å². The Balaban J connectivity index is 1.57.